The van der Waals surface area contributed by atoms with E-state index in [1.54, 1.807) is 47.5 Å². The molecule has 0 spiro atoms. The van der Waals surface area contributed by atoms with Crippen LogP contribution in [0.15, 0.2) is 67.4 Å². The summed E-state index contributed by atoms with van der Waals surface area (Å²) < 4.78 is 57.2. The number of carbonyl (C=O) groups is 1. The van der Waals surface area contributed by atoms with E-state index in [1.807, 2.05) is 18.2 Å². The van der Waals surface area contributed by atoms with E-state index in [1.165, 1.54) is 6.20 Å². The maximum Gasteiger partial charge on any atom is 0.413 e. The lowest BCUT2D eigenvalue weighted by molar-refractivity contribution is 0.103. The zero-order chi connectivity index (χ0) is 23.4. The highest BCUT2D eigenvalue weighted by molar-refractivity contribution is 7.94. The summed E-state index contributed by atoms with van der Waals surface area (Å²) in [4.78, 5) is 25.0. The SMILES string of the molecule is O=C(c1ccccn1)c1cnn2c(-c3ccncc3)ccnc12.O=S(=O)(O)OS(=O)(=O)O. The van der Waals surface area contributed by atoms with Crippen molar-refractivity contribution in [2.75, 3.05) is 0 Å². The third-order valence-electron chi connectivity index (χ3n) is 3.69. The third-order valence-corrected chi connectivity index (χ3v) is 5.07. The molecule has 0 saturated heterocycles. The maximum absolute atomic E-state index is 12.6. The Morgan fingerprint density at radius 3 is 2.12 bits per heavy atom. The van der Waals surface area contributed by atoms with Crippen molar-refractivity contribution in [3.63, 3.8) is 0 Å². The smallest absolute Gasteiger partial charge is 0.287 e. The quantitative estimate of drug-likeness (QED) is 0.306. The molecule has 0 atom stereocenters. The molecule has 4 heterocycles. The maximum atomic E-state index is 12.6. The summed E-state index contributed by atoms with van der Waals surface area (Å²) in [6, 6.07) is 10.9. The molecule has 4 aromatic heterocycles. The minimum atomic E-state index is -5.12. The number of hydrogen-bond acceptors (Lipinski definition) is 10. The van der Waals surface area contributed by atoms with Crippen LogP contribution in [0, 0.1) is 0 Å². The molecule has 0 aliphatic heterocycles. The van der Waals surface area contributed by atoms with Gasteiger partial charge in [0.05, 0.1) is 17.5 Å². The number of hydrogen-bond donors (Lipinski definition) is 2. The van der Waals surface area contributed by atoms with Crippen molar-refractivity contribution in [1.82, 2.24) is 24.6 Å². The number of pyridine rings is 2. The molecule has 2 N–H and O–H groups in total. The number of nitrogens with zero attached hydrogens (tertiary/aromatic N) is 5. The molecule has 0 bridgehead atoms. The van der Waals surface area contributed by atoms with E-state index >= 15 is 0 Å². The first-order valence-electron chi connectivity index (χ1n) is 8.40. The van der Waals surface area contributed by atoms with Crippen molar-refractivity contribution in [2.45, 2.75) is 0 Å². The van der Waals surface area contributed by atoms with Gasteiger partial charge in [-0.1, -0.05) is 6.07 Å². The highest BCUT2D eigenvalue weighted by atomic mass is 32.3. The summed E-state index contributed by atoms with van der Waals surface area (Å²) in [6.07, 6.45) is 8.22. The number of aromatic nitrogens is 5. The minimum Gasteiger partial charge on any atom is -0.287 e. The molecule has 0 fully saturated rings. The molecule has 13 nitrogen and oxygen atoms in total. The van der Waals surface area contributed by atoms with Crippen molar-refractivity contribution in [1.29, 1.82) is 0 Å². The van der Waals surface area contributed by atoms with E-state index in [0.717, 1.165) is 11.3 Å². The monoisotopic (exact) mass is 479 g/mol. The Hall–Kier alpha value is -3.63. The molecular weight excluding hydrogens is 466 g/mol. The largest absolute Gasteiger partial charge is 0.413 e. The highest BCUT2D eigenvalue weighted by Crippen LogP contribution is 2.21. The van der Waals surface area contributed by atoms with Crippen LogP contribution in [0.4, 0.5) is 0 Å². The summed E-state index contributed by atoms with van der Waals surface area (Å²) in [5.74, 6) is -0.194. The van der Waals surface area contributed by atoms with E-state index in [2.05, 4.69) is 23.7 Å². The van der Waals surface area contributed by atoms with Crippen LogP contribution in [-0.4, -0.2) is 56.3 Å². The van der Waals surface area contributed by atoms with Crippen molar-refractivity contribution in [2.24, 2.45) is 0 Å². The average molecular weight is 479 g/mol. The number of ketones is 1. The topological polar surface area (TPSA) is 191 Å². The Labute approximate surface area is 181 Å². The van der Waals surface area contributed by atoms with Gasteiger partial charge in [-0.05, 0) is 30.3 Å². The molecule has 0 unspecified atom stereocenters. The number of carbonyl (C=O) groups excluding carboxylic acids is 1. The van der Waals surface area contributed by atoms with E-state index < -0.39 is 20.8 Å². The van der Waals surface area contributed by atoms with Crippen LogP contribution in [0.3, 0.4) is 0 Å². The van der Waals surface area contributed by atoms with Crippen LogP contribution in [0.5, 0.6) is 0 Å². The molecule has 166 valence electrons. The Kier molecular flexibility index (Phi) is 6.66. The van der Waals surface area contributed by atoms with Gasteiger partial charge in [-0.2, -0.15) is 21.9 Å². The minimum absolute atomic E-state index is 0.194. The molecule has 0 aliphatic rings. The summed E-state index contributed by atoms with van der Waals surface area (Å²) in [7, 11) is -10.2. The first kappa shape index (κ1) is 23.0. The van der Waals surface area contributed by atoms with Gasteiger partial charge in [-0.3, -0.25) is 23.9 Å². The molecule has 0 aliphatic carbocycles. The predicted molar refractivity (Wildman–Crippen MR) is 108 cm³/mol. The standard InChI is InChI=1S/C17H11N5O.H2O7S2/c23-16(14-3-1-2-7-19-14)13-11-21-22-15(6-10-20-17(13)22)12-4-8-18-9-5-12;1-8(2,3)7-9(4,5)6/h1-11H;(H,1,2,3)(H,4,5,6). The fourth-order valence-corrected chi connectivity index (χ4v) is 3.41. The molecule has 32 heavy (non-hydrogen) atoms. The summed E-state index contributed by atoms with van der Waals surface area (Å²) in [5, 5.41) is 4.33. The van der Waals surface area contributed by atoms with Gasteiger partial charge >= 0.3 is 20.8 Å². The van der Waals surface area contributed by atoms with Gasteiger partial charge in [0.1, 0.15) is 5.69 Å². The van der Waals surface area contributed by atoms with Gasteiger partial charge in [-0.15, -0.1) is 3.63 Å². The second-order valence-corrected chi connectivity index (χ2v) is 8.08. The summed E-state index contributed by atoms with van der Waals surface area (Å²) in [6.45, 7) is 0. The molecular formula is C17H13N5O8S2. The van der Waals surface area contributed by atoms with Crippen LogP contribution in [0.1, 0.15) is 16.1 Å². The summed E-state index contributed by atoms with van der Waals surface area (Å²) in [5.41, 5.74) is 3.11. The summed E-state index contributed by atoms with van der Waals surface area (Å²) >= 11 is 0. The molecule has 0 aromatic carbocycles. The van der Waals surface area contributed by atoms with Gasteiger partial charge in [-0.25, -0.2) is 9.50 Å². The first-order valence-corrected chi connectivity index (χ1v) is 11.1. The Morgan fingerprint density at radius 2 is 1.56 bits per heavy atom. The Balaban J connectivity index is 0.000000275. The molecule has 4 rings (SSSR count). The van der Waals surface area contributed by atoms with Crippen LogP contribution in [-0.2, 0) is 24.4 Å². The fraction of sp³-hybridized carbons (Fsp3) is 0. The lowest BCUT2D eigenvalue weighted by Gasteiger charge is -2.04. The van der Waals surface area contributed by atoms with Crippen LogP contribution < -0.4 is 0 Å². The van der Waals surface area contributed by atoms with Crippen molar-refractivity contribution < 1.29 is 34.4 Å². The number of fused-ring (bicyclic) bond motifs is 1. The second-order valence-electron chi connectivity index (χ2n) is 5.83. The number of rotatable bonds is 5. The third kappa shape index (κ3) is 5.96. The predicted octanol–water partition coefficient (Wildman–Crippen LogP) is 1.03. The van der Waals surface area contributed by atoms with Gasteiger partial charge in [0.2, 0.25) is 5.78 Å². The van der Waals surface area contributed by atoms with E-state index in [4.69, 9.17) is 9.11 Å². The Morgan fingerprint density at radius 1 is 0.875 bits per heavy atom. The first-order chi connectivity index (χ1) is 15.1. The molecule has 0 amide bonds. The normalized spacial score (nSPS) is 11.6. The lowest BCUT2D eigenvalue weighted by Crippen LogP contribution is -2.10. The second kappa shape index (κ2) is 9.25. The van der Waals surface area contributed by atoms with Crippen LogP contribution in [0.25, 0.3) is 16.9 Å². The molecule has 15 heteroatoms. The fourth-order valence-electron chi connectivity index (χ4n) is 2.54. The van der Waals surface area contributed by atoms with Gasteiger partial charge in [0.25, 0.3) is 0 Å². The Bertz CT molecular complexity index is 1430. The van der Waals surface area contributed by atoms with Crippen molar-refractivity contribution in [3.8, 4) is 11.3 Å². The molecule has 4 aromatic rings. The van der Waals surface area contributed by atoms with E-state index in [0.29, 0.717) is 16.9 Å². The van der Waals surface area contributed by atoms with Crippen LogP contribution >= 0.6 is 0 Å². The molecule has 0 saturated carbocycles. The lowest BCUT2D eigenvalue weighted by atomic mass is 10.1. The van der Waals surface area contributed by atoms with Crippen LogP contribution in [0.2, 0.25) is 0 Å². The zero-order valence-corrected chi connectivity index (χ0v) is 17.4. The average Bonchev–Trinajstić information content (AvgIpc) is 3.16. The highest BCUT2D eigenvalue weighted by Gasteiger charge is 2.18. The van der Waals surface area contributed by atoms with E-state index in [9.17, 15) is 21.6 Å². The van der Waals surface area contributed by atoms with Crippen molar-refractivity contribution in [3.05, 3.63) is 78.6 Å². The van der Waals surface area contributed by atoms with Crippen molar-refractivity contribution >= 4 is 32.2 Å². The van der Waals surface area contributed by atoms with Gasteiger partial charge < -0.3 is 0 Å². The van der Waals surface area contributed by atoms with E-state index in [-0.39, 0.29) is 5.78 Å². The van der Waals surface area contributed by atoms with Gasteiger partial charge in [0.15, 0.2) is 5.65 Å². The molecule has 0 radical (unpaired) electrons. The zero-order valence-electron chi connectivity index (χ0n) is 15.7. The van der Waals surface area contributed by atoms with Gasteiger partial charge in [0, 0.05) is 30.4 Å².